The molecular weight excluding hydrogens is 307 g/mol. The molecule has 2 nitrogen and oxygen atoms in total. The Bertz CT molecular complexity index is 949. The fourth-order valence-corrected chi connectivity index (χ4v) is 3.56. The molecule has 0 bridgehead atoms. The zero-order chi connectivity index (χ0) is 15.6. The van der Waals surface area contributed by atoms with Crippen LogP contribution >= 0.6 is 11.8 Å². The molecule has 4 heteroatoms. The Kier molecular flexibility index (Phi) is 3.60. The number of pyridine rings is 1. The van der Waals surface area contributed by atoms with Gasteiger partial charge in [-0.15, -0.1) is 0 Å². The number of nitrogens with zero attached hydrogens (tertiary/aromatic N) is 2. The fraction of sp³-hybridized carbons (Fsp3) is 0. The first-order chi connectivity index (χ1) is 11.3. The van der Waals surface area contributed by atoms with Crippen molar-refractivity contribution in [3.8, 4) is 5.82 Å². The maximum absolute atomic E-state index is 13.7. The summed E-state index contributed by atoms with van der Waals surface area (Å²) in [6, 6.07) is 22.8. The Labute approximate surface area is 137 Å². The first-order valence-electron chi connectivity index (χ1n) is 7.26. The Balaban J connectivity index is 1.92. The highest BCUT2D eigenvalue weighted by atomic mass is 32.2. The van der Waals surface area contributed by atoms with Crippen LogP contribution in [0.25, 0.3) is 16.7 Å². The molecule has 4 aromatic rings. The second-order valence-electron chi connectivity index (χ2n) is 5.12. The molecule has 0 aliphatic rings. The fourth-order valence-electron chi connectivity index (χ4n) is 2.56. The Morgan fingerprint density at radius 1 is 0.870 bits per heavy atom. The number of hydrogen-bond acceptors (Lipinski definition) is 2. The molecule has 0 spiro atoms. The summed E-state index contributed by atoms with van der Waals surface area (Å²) in [5.41, 5.74) is 0.821. The average Bonchev–Trinajstić information content (AvgIpc) is 2.93. The minimum atomic E-state index is -0.246. The summed E-state index contributed by atoms with van der Waals surface area (Å²) in [4.78, 5) is 5.56. The van der Waals surface area contributed by atoms with Crippen LogP contribution in [0.5, 0.6) is 0 Å². The molecule has 0 aliphatic carbocycles. The number of halogens is 1. The molecule has 0 N–H and O–H groups in total. The molecule has 0 amide bonds. The van der Waals surface area contributed by atoms with Gasteiger partial charge in [0.15, 0.2) is 0 Å². The summed E-state index contributed by atoms with van der Waals surface area (Å²) < 4.78 is 15.7. The number of fused-ring (bicyclic) bond motifs is 1. The van der Waals surface area contributed by atoms with Gasteiger partial charge < -0.3 is 0 Å². The van der Waals surface area contributed by atoms with Crippen molar-refractivity contribution in [1.82, 2.24) is 9.55 Å². The summed E-state index contributed by atoms with van der Waals surface area (Å²) in [5, 5.41) is 2.01. The van der Waals surface area contributed by atoms with E-state index in [0.717, 1.165) is 26.6 Å². The normalized spacial score (nSPS) is 11.0. The molecule has 0 radical (unpaired) electrons. The van der Waals surface area contributed by atoms with Gasteiger partial charge in [-0.3, -0.25) is 4.57 Å². The van der Waals surface area contributed by atoms with Crippen LogP contribution in [0.1, 0.15) is 0 Å². The molecule has 2 aromatic heterocycles. The van der Waals surface area contributed by atoms with Crippen LogP contribution in [-0.2, 0) is 0 Å². The van der Waals surface area contributed by atoms with Gasteiger partial charge in [-0.1, -0.05) is 36.0 Å². The van der Waals surface area contributed by atoms with E-state index in [1.54, 1.807) is 30.1 Å². The van der Waals surface area contributed by atoms with Crippen LogP contribution in [0.2, 0.25) is 0 Å². The largest absolute Gasteiger partial charge is 0.288 e. The molecule has 23 heavy (non-hydrogen) atoms. The Morgan fingerprint density at radius 3 is 2.48 bits per heavy atom. The number of rotatable bonds is 3. The van der Waals surface area contributed by atoms with E-state index in [-0.39, 0.29) is 5.82 Å². The van der Waals surface area contributed by atoms with Crippen LogP contribution < -0.4 is 0 Å². The van der Waals surface area contributed by atoms with E-state index < -0.39 is 0 Å². The van der Waals surface area contributed by atoms with Gasteiger partial charge in [0.1, 0.15) is 11.6 Å². The Hall–Kier alpha value is -2.59. The minimum Gasteiger partial charge on any atom is -0.288 e. The third-order valence-corrected chi connectivity index (χ3v) is 4.59. The highest BCUT2D eigenvalue weighted by Crippen LogP contribution is 2.34. The van der Waals surface area contributed by atoms with Gasteiger partial charge in [-0.25, -0.2) is 9.37 Å². The first kappa shape index (κ1) is 14.0. The van der Waals surface area contributed by atoms with Crippen molar-refractivity contribution in [2.24, 2.45) is 0 Å². The van der Waals surface area contributed by atoms with E-state index in [2.05, 4.69) is 23.2 Å². The van der Waals surface area contributed by atoms with Crippen molar-refractivity contribution in [2.45, 2.75) is 9.92 Å². The molecule has 4 rings (SSSR count). The SMILES string of the molecule is Fc1ccc2cc(Sc3ccccc3)n(-c3ccccn3)c2c1. The zero-order valence-corrected chi connectivity index (χ0v) is 13.0. The smallest absolute Gasteiger partial charge is 0.137 e. The van der Waals surface area contributed by atoms with Gasteiger partial charge in [-0.05, 0) is 48.5 Å². The summed E-state index contributed by atoms with van der Waals surface area (Å²) in [7, 11) is 0. The summed E-state index contributed by atoms with van der Waals surface area (Å²) in [6.07, 6.45) is 1.75. The second-order valence-corrected chi connectivity index (χ2v) is 6.22. The molecule has 0 atom stereocenters. The monoisotopic (exact) mass is 320 g/mol. The van der Waals surface area contributed by atoms with E-state index in [9.17, 15) is 4.39 Å². The molecule has 0 saturated carbocycles. The Morgan fingerprint density at radius 2 is 1.70 bits per heavy atom. The first-order valence-corrected chi connectivity index (χ1v) is 8.08. The van der Waals surface area contributed by atoms with Crippen molar-refractivity contribution >= 4 is 22.7 Å². The lowest BCUT2D eigenvalue weighted by atomic mass is 10.2. The number of aromatic nitrogens is 2. The summed E-state index contributed by atoms with van der Waals surface area (Å²) in [6.45, 7) is 0. The maximum Gasteiger partial charge on any atom is 0.137 e. The van der Waals surface area contributed by atoms with Crippen LogP contribution in [-0.4, -0.2) is 9.55 Å². The zero-order valence-electron chi connectivity index (χ0n) is 12.2. The lowest BCUT2D eigenvalue weighted by Crippen LogP contribution is -1.98. The highest BCUT2D eigenvalue weighted by molar-refractivity contribution is 7.99. The predicted octanol–water partition coefficient (Wildman–Crippen LogP) is 5.32. The summed E-state index contributed by atoms with van der Waals surface area (Å²) >= 11 is 1.64. The van der Waals surface area contributed by atoms with Gasteiger partial charge >= 0.3 is 0 Å². The van der Waals surface area contributed by atoms with Crippen molar-refractivity contribution in [3.63, 3.8) is 0 Å². The third-order valence-electron chi connectivity index (χ3n) is 3.58. The molecule has 112 valence electrons. The third kappa shape index (κ3) is 2.73. The molecule has 0 aliphatic heterocycles. The van der Waals surface area contributed by atoms with E-state index in [1.165, 1.54) is 6.07 Å². The molecule has 0 unspecified atom stereocenters. The molecular formula is C19H13FN2S. The van der Waals surface area contributed by atoms with E-state index in [1.807, 2.05) is 41.0 Å². The van der Waals surface area contributed by atoms with E-state index in [0.29, 0.717) is 0 Å². The number of hydrogen-bond donors (Lipinski definition) is 0. The summed E-state index contributed by atoms with van der Waals surface area (Å²) in [5.74, 6) is 0.538. The highest BCUT2D eigenvalue weighted by Gasteiger charge is 2.13. The van der Waals surface area contributed by atoms with Crippen molar-refractivity contribution < 1.29 is 4.39 Å². The lowest BCUT2D eigenvalue weighted by molar-refractivity contribution is 0.629. The topological polar surface area (TPSA) is 17.8 Å². The second kappa shape index (κ2) is 5.89. The van der Waals surface area contributed by atoms with Gasteiger partial charge in [0, 0.05) is 16.5 Å². The van der Waals surface area contributed by atoms with Crippen LogP contribution in [0.3, 0.4) is 0 Å². The molecule has 2 heterocycles. The van der Waals surface area contributed by atoms with Gasteiger partial charge in [0.2, 0.25) is 0 Å². The van der Waals surface area contributed by atoms with Crippen molar-refractivity contribution in [1.29, 1.82) is 0 Å². The van der Waals surface area contributed by atoms with Crippen LogP contribution in [0.15, 0.2) is 88.9 Å². The quantitative estimate of drug-likeness (QED) is 0.509. The van der Waals surface area contributed by atoms with Crippen LogP contribution in [0, 0.1) is 5.82 Å². The van der Waals surface area contributed by atoms with Gasteiger partial charge in [0.05, 0.1) is 10.5 Å². The predicted molar refractivity (Wildman–Crippen MR) is 91.6 cm³/mol. The van der Waals surface area contributed by atoms with Gasteiger partial charge in [-0.2, -0.15) is 0 Å². The average molecular weight is 320 g/mol. The standard InChI is InChI=1S/C19H13FN2S/c20-15-10-9-14-12-19(23-16-6-2-1-3-7-16)22(17(14)13-15)18-8-4-5-11-21-18/h1-13H. The maximum atomic E-state index is 13.7. The van der Waals surface area contributed by atoms with E-state index in [4.69, 9.17) is 0 Å². The van der Waals surface area contributed by atoms with Crippen LogP contribution in [0.4, 0.5) is 4.39 Å². The molecule has 2 aromatic carbocycles. The molecule has 0 fully saturated rings. The van der Waals surface area contributed by atoms with Crippen molar-refractivity contribution in [3.05, 3.63) is 84.8 Å². The van der Waals surface area contributed by atoms with E-state index >= 15 is 0 Å². The van der Waals surface area contributed by atoms with Gasteiger partial charge in [0.25, 0.3) is 0 Å². The lowest BCUT2D eigenvalue weighted by Gasteiger charge is -2.09. The number of benzene rings is 2. The minimum absolute atomic E-state index is 0.246. The molecule has 0 saturated heterocycles. The van der Waals surface area contributed by atoms with Crippen molar-refractivity contribution in [2.75, 3.05) is 0 Å².